The quantitative estimate of drug-likeness (QED) is 0.843. The van der Waals surface area contributed by atoms with Gasteiger partial charge in [0.25, 0.3) is 0 Å². The number of nitrogens with zero attached hydrogens (tertiary/aromatic N) is 1. The normalized spacial score (nSPS) is 19.4. The lowest BCUT2D eigenvalue weighted by Crippen LogP contribution is -2.32. The Balaban J connectivity index is 1.83. The van der Waals surface area contributed by atoms with E-state index in [9.17, 15) is 0 Å². The van der Waals surface area contributed by atoms with E-state index in [-0.39, 0.29) is 0 Å². The zero-order chi connectivity index (χ0) is 13.4. The summed E-state index contributed by atoms with van der Waals surface area (Å²) in [7, 11) is 0. The van der Waals surface area contributed by atoms with Crippen LogP contribution in [0, 0.1) is 6.92 Å². The molecule has 0 saturated carbocycles. The van der Waals surface area contributed by atoms with Gasteiger partial charge in [0.15, 0.2) is 0 Å². The molecule has 2 nitrogen and oxygen atoms in total. The first-order chi connectivity index (χ1) is 9.15. The summed E-state index contributed by atoms with van der Waals surface area (Å²) >= 11 is 1.89. The third kappa shape index (κ3) is 2.40. The fraction of sp³-hybridized carbons (Fsp3) is 0.375. The van der Waals surface area contributed by atoms with E-state index in [0.29, 0.717) is 6.04 Å². The Kier molecular flexibility index (Phi) is 3.33. The van der Waals surface area contributed by atoms with Gasteiger partial charge in [-0.15, -0.1) is 11.3 Å². The molecule has 1 aromatic heterocycles. The summed E-state index contributed by atoms with van der Waals surface area (Å²) in [6.45, 7) is 6.50. The van der Waals surface area contributed by atoms with Crippen molar-refractivity contribution in [3.8, 4) is 0 Å². The Morgan fingerprint density at radius 2 is 2.21 bits per heavy atom. The van der Waals surface area contributed by atoms with Gasteiger partial charge in [0.05, 0.1) is 0 Å². The molecule has 1 aromatic carbocycles. The van der Waals surface area contributed by atoms with E-state index in [1.807, 2.05) is 17.4 Å². The smallest absolute Gasteiger partial charge is 0.0359 e. The maximum Gasteiger partial charge on any atom is 0.0359 e. The third-order valence-corrected chi connectivity index (χ3v) is 5.07. The number of thiophene rings is 1. The van der Waals surface area contributed by atoms with Crippen molar-refractivity contribution in [3.63, 3.8) is 0 Å². The molecule has 0 fully saturated rings. The lowest BCUT2D eigenvalue weighted by atomic mass is 10.00. The first kappa shape index (κ1) is 12.7. The number of hydrogen-bond acceptors (Lipinski definition) is 3. The second kappa shape index (κ2) is 4.99. The second-order valence-corrected chi connectivity index (χ2v) is 6.40. The van der Waals surface area contributed by atoms with Gasteiger partial charge in [-0.1, -0.05) is 17.7 Å². The van der Waals surface area contributed by atoms with Crippen LogP contribution >= 0.6 is 11.3 Å². The molecule has 1 unspecified atom stereocenters. The molecule has 2 N–H and O–H groups in total. The number of rotatable bonds is 2. The molecular weight excluding hydrogens is 252 g/mol. The van der Waals surface area contributed by atoms with E-state index < -0.39 is 0 Å². The Morgan fingerprint density at radius 1 is 1.37 bits per heavy atom. The number of hydrogen-bond donors (Lipinski definition) is 1. The highest BCUT2D eigenvalue weighted by Crippen LogP contribution is 2.34. The number of fused-ring (bicyclic) bond motifs is 1. The molecule has 1 aliphatic heterocycles. The van der Waals surface area contributed by atoms with E-state index in [2.05, 4.69) is 42.3 Å². The SMILES string of the molecule is Cc1ccc(N)c(CN2CCc3sccc3C2C)c1. The molecule has 3 rings (SSSR count). The number of aryl methyl sites for hydroxylation is 1. The second-order valence-electron chi connectivity index (χ2n) is 5.40. The summed E-state index contributed by atoms with van der Waals surface area (Å²) in [5.74, 6) is 0. The molecule has 0 bridgehead atoms. The summed E-state index contributed by atoms with van der Waals surface area (Å²) in [6.07, 6.45) is 1.17. The van der Waals surface area contributed by atoms with Crippen molar-refractivity contribution < 1.29 is 0 Å². The molecular formula is C16H20N2S. The van der Waals surface area contributed by atoms with Crippen LogP contribution in [0.4, 0.5) is 5.69 Å². The number of anilines is 1. The number of nitrogens with two attached hydrogens (primary N) is 1. The van der Waals surface area contributed by atoms with Crippen molar-refractivity contribution in [3.05, 3.63) is 51.2 Å². The molecule has 0 aliphatic carbocycles. The molecule has 2 heterocycles. The number of benzene rings is 1. The minimum atomic E-state index is 0.495. The third-order valence-electron chi connectivity index (χ3n) is 4.08. The van der Waals surface area contributed by atoms with Crippen molar-refractivity contribution in [1.29, 1.82) is 0 Å². The summed E-state index contributed by atoms with van der Waals surface area (Å²) in [4.78, 5) is 4.08. The summed E-state index contributed by atoms with van der Waals surface area (Å²) < 4.78 is 0. The standard InChI is InChI=1S/C16H20N2S/c1-11-3-4-15(17)13(9-11)10-18-7-5-16-14(12(18)2)6-8-19-16/h3-4,6,8-9,12H,5,7,10,17H2,1-2H3. The maximum absolute atomic E-state index is 6.10. The van der Waals surface area contributed by atoms with Gasteiger partial charge in [-0.3, -0.25) is 4.90 Å². The largest absolute Gasteiger partial charge is 0.398 e. The van der Waals surface area contributed by atoms with Crippen molar-refractivity contribution >= 4 is 17.0 Å². The first-order valence-corrected chi connectivity index (χ1v) is 7.68. The van der Waals surface area contributed by atoms with Gasteiger partial charge < -0.3 is 5.73 Å². The zero-order valence-corrected chi connectivity index (χ0v) is 12.3. The van der Waals surface area contributed by atoms with Crippen LogP contribution in [-0.4, -0.2) is 11.4 Å². The molecule has 2 aromatic rings. The summed E-state index contributed by atoms with van der Waals surface area (Å²) in [5, 5.41) is 2.21. The average molecular weight is 272 g/mol. The van der Waals surface area contributed by atoms with Crippen LogP contribution in [-0.2, 0) is 13.0 Å². The lowest BCUT2D eigenvalue weighted by molar-refractivity contribution is 0.192. The van der Waals surface area contributed by atoms with E-state index in [1.165, 1.54) is 23.1 Å². The summed E-state index contributed by atoms with van der Waals surface area (Å²) in [5.41, 5.74) is 11.1. The fourth-order valence-corrected chi connectivity index (χ4v) is 3.83. The Bertz CT molecular complexity index is 588. The average Bonchev–Trinajstić information content (AvgIpc) is 2.86. The van der Waals surface area contributed by atoms with E-state index in [0.717, 1.165) is 18.8 Å². The van der Waals surface area contributed by atoms with Crippen LogP contribution in [0.1, 0.15) is 34.5 Å². The molecule has 0 spiro atoms. The van der Waals surface area contributed by atoms with Crippen molar-refractivity contribution in [2.45, 2.75) is 32.9 Å². The predicted octanol–water partition coefficient (Wildman–Crippen LogP) is 3.76. The first-order valence-electron chi connectivity index (χ1n) is 6.80. The topological polar surface area (TPSA) is 29.3 Å². The highest BCUT2D eigenvalue weighted by molar-refractivity contribution is 7.10. The van der Waals surface area contributed by atoms with Crippen LogP contribution in [0.5, 0.6) is 0 Å². The van der Waals surface area contributed by atoms with Crippen LogP contribution < -0.4 is 5.73 Å². The molecule has 19 heavy (non-hydrogen) atoms. The Morgan fingerprint density at radius 3 is 3.05 bits per heavy atom. The zero-order valence-electron chi connectivity index (χ0n) is 11.5. The highest BCUT2D eigenvalue weighted by atomic mass is 32.1. The van der Waals surface area contributed by atoms with E-state index in [4.69, 9.17) is 5.73 Å². The molecule has 100 valence electrons. The lowest BCUT2D eigenvalue weighted by Gasteiger charge is -2.34. The minimum Gasteiger partial charge on any atom is -0.398 e. The molecule has 0 radical (unpaired) electrons. The van der Waals surface area contributed by atoms with Gasteiger partial charge >= 0.3 is 0 Å². The van der Waals surface area contributed by atoms with Gasteiger partial charge in [0.1, 0.15) is 0 Å². The predicted molar refractivity (Wildman–Crippen MR) is 82.4 cm³/mol. The van der Waals surface area contributed by atoms with Gasteiger partial charge in [-0.05, 0) is 48.9 Å². The molecule has 3 heteroatoms. The van der Waals surface area contributed by atoms with Crippen LogP contribution in [0.2, 0.25) is 0 Å². The number of nitrogen functional groups attached to an aromatic ring is 1. The van der Waals surface area contributed by atoms with Crippen LogP contribution in [0.15, 0.2) is 29.6 Å². The van der Waals surface area contributed by atoms with Gasteiger partial charge in [0.2, 0.25) is 0 Å². The highest BCUT2D eigenvalue weighted by Gasteiger charge is 2.24. The van der Waals surface area contributed by atoms with Crippen molar-refractivity contribution in [1.82, 2.24) is 4.90 Å². The van der Waals surface area contributed by atoms with Gasteiger partial charge in [-0.25, -0.2) is 0 Å². The van der Waals surface area contributed by atoms with Crippen molar-refractivity contribution in [2.75, 3.05) is 12.3 Å². The maximum atomic E-state index is 6.10. The Hall–Kier alpha value is -1.32. The monoisotopic (exact) mass is 272 g/mol. The molecule has 0 saturated heterocycles. The van der Waals surface area contributed by atoms with E-state index >= 15 is 0 Å². The molecule has 0 amide bonds. The summed E-state index contributed by atoms with van der Waals surface area (Å²) in [6, 6.07) is 9.08. The van der Waals surface area contributed by atoms with Gasteiger partial charge in [0, 0.05) is 29.7 Å². The molecule has 1 atom stereocenters. The van der Waals surface area contributed by atoms with Crippen LogP contribution in [0.3, 0.4) is 0 Å². The fourth-order valence-electron chi connectivity index (χ4n) is 2.87. The Labute approximate surface area is 118 Å². The molecule has 1 aliphatic rings. The van der Waals surface area contributed by atoms with Crippen molar-refractivity contribution in [2.24, 2.45) is 0 Å². The van der Waals surface area contributed by atoms with E-state index in [1.54, 1.807) is 4.88 Å². The van der Waals surface area contributed by atoms with Gasteiger partial charge in [-0.2, -0.15) is 0 Å². The minimum absolute atomic E-state index is 0.495. The van der Waals surface area contributed by atoms with Crippen LogP contribution in [0.25, 0.3) is 0 Å².